The quantitative estimate of drug-likeness (QED) is 0.445. The Morgan fingerprint density at radius 1 is 1.22 bits per heavy atom. The van der Waals surface area contributed by atoms with Gasteiger partial charge in [-0.25, -0.2) is 0 Å². The van der Waals surface area contributed by atoms with E-state index in [1.54, 1.807) is 26.8 Å². The van der Waals surface area contributed by atoms with Crippen LogP contribution in [0.2, 0.25) is 0 Å². The van der Waals surface area contributed by atoms with Crippen molar-refractivity contribution in [3.05, 3.63) is 63.5 Å². The second kappa shape index (κ2) is 10.5. The highest BCUT2D eigenvalue weighted by molar-refractivity contribution is 7.12. The zero-order valence-corrected chi connectivity index (χ0v) is 21.3. The molecule has 2 atom stereocenters. The van der Waals surface area contributed by atoms with Crippen molar-refractivity contribution in [2.45, 2.75) is 46.3 Å². The molecule has 0 bridgehead atoms. The van der Waals surface area contributed by atoms with Gasteiger partial charge in [-0.3, -0.25) is 24.3 Å². The van der Waals surface area contributed by atoms with Crippen LogP contribution in [0.25, 0.3) is 0 Å². The van der Waals surface area contributed by atoms with Gasteiger partial charge in [0.05, 0.1) is 28.7 Å². The second-order valence-electron chi connectivity index (χ2n) is 9.04. The Morgan fingerprint density at radius 3 is 2.72 bits per heavy atom. The van der Waals surface area contributed by atoms with Crippen LogP contribution >= 0.6 is 11.3 Å². The Kier molecular flexibility index (Phi) is 7.41. The fourth-order valence-electron chi connectivity index (χ4n) is 4.00. The van der Waals surface area contributed by atoms with Gasteiger partial charge in [0.2, 0.25) is 17.6 Å². The van der Waals surface area contributed by atoms with Crippen LogP contribution in [-0.4, -0.2) is 52.3 Å². The molecule has 2 amide bonds. The van der Waals surface area contributed by atoms with E-state index in [0.717, 1.165) is 16.0 Å². The summed E-state index contributed by atoms with van der Waals surface area (Å²) in [5, 5.41) is 12.5. The van der Waals surface area contributed by atoms with Crippen molar-refractivity contribution in [1.29, 1.82) is 0 Å². The number of rotatable bonds is 8. The summed E-state index contributed by atoms with van der Waals surface area (Å²) in [5.74, 6) is -1.63. The lowest BCUT2D eigenvalue weighted by molar-refractivity contribution is -0.124. The molecule has 3 aromatic rings. The number of aliphatic imine (C=N–C) groups is 1. The van der Waals surface area contributed by atoms with Gasteiger partial charge in [-0.15, -0.1) is 21.5 Å². The first-order valence-electron chi connectivity index (χ1n) is 11.5. The highest BCUT2D eigenvalue weighted by atomic mass is 32.1. The third kappa shape index (κ3) is 5.42. The van der Waals surface area contributed by atoms with Crippen LogP contribution in [0, 0.1) is 12.8 Å². The number of aryl methyl sites for hydroxylation is 1. The standard InChI is InChI=1S/C25H28N6O4S/c1-13(2)20(21(33)24-30-29-19(35-24)11-16-7-5-6-14(3)10-16)28-18(32)12-31-17-8-9-36-22(17)15(4)27-23(26)25(31)34/h5-10,13,20,23H,11-12,26H2,1-4H3,(H,28,32)/t20-,23+/m0/s1. The molecule has 188 valence electrons. The summed E-state index contributed by atoms with van der Waals surface area (Å²) in [7, 11) is 0. The van der Waals surface area contributed by atoms with Crippen molar-refractivity contribution < 1.29 is 18.8 Å². The van der Waals surface area contributed by atoms with Crippen molar-refractivity contribution in [2.24, 2.45) is 16.6 Å². The van der Waals surface area contributed by atoms with Gasteiger partial charge in [-0.05, 0) is 36.8 Å². The summed E-state index contributed by atoms with van der Waals surface area (Å²) >= 11 is 1.41. The van der Waals surface area contributed by atoms with Crippen molar-refractivity contribution in [2.75, 3.05) is 11.4 Å². The third-order valence-corrected chi connectivity index (χ3v) is 6.81. The van der Waals surface area contributed by atoms with Crippen LogP contribution in [-0.2, 0) is 16.0 Å². The smallest absolute Gasteiger partial charge is 0.286 e. The number of fused-ring (bicyclic) bond motifs is 1. The molecule has 0 radical (unpaired) electrons. The Bertz CT molecular complexity index is 1330. The molecule has 3 N–H and O–H groups in total. The minimum Gasteiger partial charge on any atom is -0.418 e. The Hall–Kier alpha value is -3.70. The van der Waals surface area contributed by atoms with Crippen LogP contribution in [0.4, 0.5) is 5.69 Å². The number of aromatic nitrogens is 2. The van der Waals surface area contributed by atoms with Crippen LogP contribution in [0.1, 0.15) is 53.4 Å². The predicted octanol–water partition coefficient (Wildman–Crippen LogP) is 2.49. The molecule has 0 saturated heterocycles. The number of ketones is 1. The SMILES string of the molecule is CC1=N[C@@H](N)C(=O)N(CC(=O)N[C@H](C(=O)c2nnc(Cc3cccc(C)c3)o2)C(C)C)c2ccsc21. The number of carbonyl (C=O) groups excluding carboxylic acids is 3. The van der Waals surface area contributed by atoms with Gasteiger partial charge in [-0.1, -0.05) is 43.7 Å². The van der Waals surface area contributed by atoms with E-state index in [-0.39, 0.29) is 18.4 Å². The number of thiophene rings is 1. The molecule has 0 saturated carbocycles. The van der Waals surface area contributed by atoms with E-state index in [9.17, 15) is 14.4 Å². The minimum atomic E-state index is -1.11. The van der Waals surface area contributed by atoms with E-state index in [2.05, 4.69) is 20.5 Å². The van der Waals surface area contributed by atoms with Gasteiger partial charge in [-0.2, -0.15) is 0 Å². The van der Waals surface area contributed by atoms with Crippen molar-refractivity contribution >= 4 is 40.3 Å². The minimum absolute atomic E-state index is 0.173. The number of nitrogens with one attached hydrogen (secondary N) is 1. The molecule has 2 aromatic heterocycles. The van der Waals surface area contributed by atoms with Gasteiger partial charge >= 0.3 is 0 Å². The number of Topliss-reactive ketones (excluding diaryl/α,β-unsaturated/α-hetero) is 1. The molecule has 3 heterocycles. The molecule has 4 rings (SSSR count). The van der Waals surface area contributed by atoms with Gasteiger partial charge in [0.1, 0.15) is 6.54 Å². The molecule has 1 aliphatic rings. The molecule has 0 spiro atoms. The van der Waals surface area contributed by atoms with E-state index in [1.165, 1.54) is 16.2 Å². The molecule has 0 fully saturated rings. The van der Waals surface area contributed by atoms with E-state index in [0.29, 0.717) is 23.7 Å². The highest BCUT2D eigenvalue weighted by Gasteiger charge is 2.33. The first-order chi connectivity index (χ1) is 17.1. The first-order valence-corrected chi connectivity index (χ1v) is 12.4. The van der Waals surface area contributed by atoms with E-state index >= 15 is 0 Å². The summed E-state index contributed by atoms with van der Waals surface area (Å²) in [6.07, 6.45) is -0.715. The highest BCUT2D eigenvalue weighted by Crippen LogP contribution is 2.30. The fraction of sp³-hybridized carbons (Fsp3) is 0.360. The summed E-state index contributed by atoms with van der Waals surface area (Å²) in [6.45, 7) is 7.06. The molecule has 0 unspecified atom stereocenters. The lowest BCUT2D eigenvalue weighted by atomic mass is 9.99. The fourth-order valence-corrected chi connectivity index (χ4v) is 4.86. The van der Waals surface area contributed by atoms with E-state index < -0.39 is 29.8 Å². The van der Waals surface area contributed by atoms with Crippen molar-refractivity contribution in [3.63, 3.8) is 0 Å². The number of nitrogens with two attached hydrogens (primary N) is 1. The Labute approximate surface area is 212 Å². The number of hydrogen-bond donors (Lipinski definition) is 2. The molecular weight excluding hydrogens is 480 g/mol. The maximum atomic E-state index is 13.2. The molecular formula is C25H28N6O4S. The van der Waals surface area contributed by atoms with Gasteiger partial charge in [0, 0.05) is 0 Å². The molecule has 0 aliphatic carbocycles. The van der Waals surface area contributed by atoms with Crippen LogP contribution in [0.3, 0.4) is 0 Å². The maximum absolute atomic E-state index is 13.2. The molecule has 1 aliphatic heterocycles. The van der Waals surface area contributed by atoms with Gasteiger partial charge in [0.15, 0.2) is 6.17 Å². The number of anilines is 1. The average molecular weight is 509 g/mol. The maximum Gasteiger partial charge on any atom is 0.286 e. The third-order valence-electron chi connectivity index (χ3n) is 5.80. The van der Waals surface area contributed by atoms with Gasteiger partial charge < -0.3 is 15.5 Å². The van der Waals surface area contributed by atoms with E-state index in [4.69, 9.17) is 10.2 Å². The van der Waals surface area contributed by atoms with Crippen molar-refractivity contribution in [3.8, 4) is 0 Å². The topological polar surface area (TPSA) is 144 Å². The molecule has 11 heteroatoms. The number of carbonyl (C=O) groups is 3. The summed E-state index contributed by atoms with van der Waals surface area (Å²) < 4.78 is 5.63. The lowest BCUT2D eigenvalue weighted by Crippen LogP contribution is -2.51. The summed E-state index contributed by atoms with van der Waals surface area (Å²) in [5.41, 5.74) is 9.22. The van der Waals surface area contributed by atoms with Crippen molar-refractivity contribution in [1.82, 2.24) is 15.5 Å². The Balaban J connectivity index is 1.47. The summed E-state index contributed by atoms with van der Waals surface area (Å²) in [6, 6.07) is 8.71. The van der Waals surface area contributed by atoms with Crippen LogP contribution in [0.15, 0.2) is 45.1 Å². The first kappa shape index (κ1) is 25.4. The lowest BCUT2D eigenvalue weighted by Gasteiger charge is -2.24. The summed E-state index contributed by atoms with van der Waals surface area (Å²) in [4.78, 5) is 45.4. The Morgan fingerprint density at radius 2 is 2.00 bits per heavy atom. The normalized spacial score (nSPS) is 16.4. The number of benzene rings is 1. The monoisotopic (exact) mass is 508 g/mol. The van der Waals surface area contributed by atoms with Gasteiger partial charge in [0.25, 0.3) is 11.8 Å². The molecule has 10 nitrogen and oxygen atoms in total. The number of hydrogen-bond acceptors (Lipinski definition) is 9. The second-order valence-corrected chi connectivity index (χ2v) is 9.96. The molecule has 36 heavy (non-hydrogen) atoms. The number of nitrogens with zero attached hydrogens (tertiary/aromatic N) is 4. The molecule has 1 aromatic carbocycles. The van der Waals surface area contributed by atoms with Crippen LogP contribution in [0.5, 0.6) is 0 Å². The number of amides is 2. The van der Waals surface area contributed by atoms with Crippen LogP contribution < -0.4 is 16.0 Å². The predicted molar refractivity (Wildman–Crippen MR) is 136 cm³/mol. The largest absolute Gasteiger partial charge is 0.418 e. The van der Waals surface area contributed by atoms with E-state index in [1.807, 2.05) is 36.6 Å². The average Bonchev–Trinajstić information content (AvgIpc) is 3.48. The zero-order valence-electron chi connectivity index (χ0n) is 20.5. The zero-order chi connectivity index (χ0) is 26.0.